The molecule has 4 nitrogen and oxygen atoms in total. The number of aliphatic imine (C=N–C) groups is 1. The van der Waals surface area contributed by atoms with Gasteiger partial charge < -0.3 is 10.6 Å². The molecular weight excluding hydrogens is 302 g/mol. The number of guanidine groups is 1. The van der Waals surface area contributed by atoms with Crippen molar-refractivity contribution in [1.29, 1.82) is 0 Å². The normalized spacial score (nSPS) is 24.6. The highest BCUT2D eigenvalue weighted by molar-refractivity contribution is 7.85. The van der Waals surface area contributed by atoms with Gasteiger partial charge in [0.05, 0.1) is 0 Å². The van der Waals surface area contributed by atoms with Gasteiger partial charge in [0.1, 0.15) is 0 Å². The Labute approximate surface area is 133 Å². The van der Waals surface area contributed by atoms with Crippen molar-refractivity contribution >= 4 is 28.1 Å². The van der Waals surface area contributed by atoms with Crippen LogP contribution in [-0.2, 0) is 17.3 Å². The highest BCUT2D eigenvalue weighted by atomic mass is 32.2. The van der Waals surface area contributed by atoms with Crippen molar-refractivity contribution in [1.82, 2.24) is 10.6 Å². The Balaban J connectivity index is 1.82. The molecule has 21 heavy (non-hydrogen) atoms. The van der Waals surface area contributed by atoms with Crippen LogP contribution in [0.25, 0.3) is 0 Å². The summed E-state index contributed by atoms with van der Waals surface area (Å²) in [5.74, 6) is 1.61. The largest absolute Gasteiger partial charge is 0.354 e. The maximum absolute atomic E-state index is 12.0. The Hall–Kier alpha value is -0.880. The van der Waals surface area contributed by atoms with E-state index in [1.165, 1.54) is 5.56 Å². The molecule has 0 spiro atoms. The molecule has 1 aromatic rings. The summed E-state index contributed by atoms with van der Waals surface area (Å²) in [4.78, 5) is 4.29. The summed E-state index contributed by atoms with van der Waals surface area (Å²) < 4.78 is 12.0. The first-order chi connectivity index (χ1) is 10.2. The number of hydrogen-bond donors (Lipinski definition) is 2. The fraction of sp³-hybridized carbons (Fsp3) is 0.667. The Morgan fingerprint density at radius 1 is 1.52 bits per heavy atom. The van der Waals surface area contributed by atoms with E-state index in [0.29, 0.717) is 11.3 Å². The lowest BCUT2D eigenvalue weighted by atomic mass is 9.95. The van der Waals surface area contributed by atoms with Gasteiger partial charge in [0.15, 0.2) is 5.96 Å². The Morgan fingerprint density at radius 3 is 3.05 bits per heavy atom. The van der Waals surface area contributed by atoms with E-state index in [-0.39, 0.29) is 0 Å². The van der Waals surface area contributed by atoms with Crippen LogP contribution in [-0.4, -0.2) is 34.3 Å². The van der Waals surface area contributed by atoms with Crippen molar-refractivity contribution in [2.75, 3.05) is 12.8 Å². The molecular formula is C15H25N3OS2. The summed E-state index contributed by atoms with van der Waals surface area (Å²) in [5.41, 5.74) is 1.27. The lowest BCUT2D eigenvalue weighted by Gasteiger charge is -2.30. The molecule has 1 aliphatic carbocycles. The molecule has 1 aliphatic rings. The van der Waals surface area contributed by atoms with Crippen molar-refractivity contribution in [3.8, 4) is 0 Å². The summed E-state index contributed by atoms with van der Waals surface area (Å²) >= 11 is 1.71. The van der Waals surface area contributed by atoms with Crippen LogP contribution in [0.5, 0.6) is 0 Å². The highest BCUT2D eigenvalue weighted by Crippen LogP contribution is 2.22. The molecule has 118 valence electrons. The number of hydrogen-bond acceptors (Lipinski definition) is 3. The summed E-state index contributed by atoms with van der Waals surface area (Å²) in [7, 11) is 1.12. The van der Waals surface area contributed by atoms with Gasteiger partial charge in [-0.1, -0.05) is 13.3 Å². The fourth-order valence-electron chi connectivity index (χ4n) is 2.72. The predicted octanol–water partition coefficient (Wildman–Crippen LogP) is 2.49. The van der Waals surface area contributed by atoms with E-state index in [2.05, 4.69) is 32.5 Å². The minimum atomic E-state index is -0.678. The predicted molar refractivity (Wildman–Crippen MR) is 92.4 cm³/mol. The Kier molecular flexibility index (Phi) is 6.70. The summed E-state index contributed by atoms with van der Waals surface area (Å²) in [5, 5.41) is 11.4. The maximum atomic E-state index is 12.0. The monoisotopic (exact) mass is 327 g/mol. The third-order valence-electron chi connectivity index (χ3n) is 3.89. The van der Waals surface area contributed by atoms with E-state index in [1.54, 1.807) is 18.4 Å². The number of thiophene rings is 1. The minimum Gasteiger partial charge on any atom is -0.354 e. The van der Waals surface area contributed by atoms with Crippen molar-refractivity contribution in [2.45, 2.75) is 50.4 Å². The molecule has 2 rings (SSSR count). The van der Waals surface area contributed by atoms with E-state index in [4.69, 9.17) is 0 Å². The summed E-state index contributed by atoms with van der Waals surface area (Å²) in [6, 6.07) is 2.50. The molecule has 0 bridgehead atoms. The number of nitrogens with one attached hydrogen (secondary N) is 2. The smallest absolute Gasteiger partial charge is 0.191 e. The van der Waals surface area contributed by atoms with E-state index < -0.39 is 10.8 Å². The third-order valence-corrected chi connectivity index (χ3v) is 6.36. The molecule has 0 aromatic carbocycles. The molecule has 6 heteroatoms. The van der Waals surface area contributed by atoms with Crippen LogP contribution in [0.1, 0.15) is 38.2 Å². The first kappa shape index (κ1) is 16.5. The van der Waals surface area contributed by atoms with Gasteiger partial charge in [-0.25, -0.2) is 0 Å². The summed E-state index contributed by atoms with van der Waals surface area (Å²) in [6.07, 6.45) is 4.37. The third kappa shape index (κ3) is 5.11. The second-order valence-electron chi connectivity index (χ2n) is 5.36. The van der Waals surface area contributed by atoms with Crippen LogP contribution in [0, 0.1) is 0 Å². The van der Waals surface area contributed by atoms with Crippen molar-refractivity contribution in [3.63, 3.8) is 0 Å². The van der Waals surface area contributed by atoms with E-state index in [0.717, 1.165) is 43.9 Å². The summed E-state index contributed by atoms with van der Waals surface area (Å²) in [6.45, 7) is 2.80. The Morgan fingerprint density at radius 2 is 2.38 bits per heavy atom. The van der Waals surface area contributed by atoms with Gasteiger partial charge in [0.2, 0.25) is 0 Å². The quantitative estimate of drug-likeness (QED) is 0.645. The van der Waals surface area contributed by atoms with E-state index in [9.17, 15) is 4.21 Å². The zero-order valence-corrected chi connectivity index (χ0v) is 14.4. The van der Waals surface area contributed by atoms with Crippen molar-refractivity contribution in [3.05, 3.63) is 22.4 Å². The van der Waals surface area contributed by atoms with Crippen LogP contribution in [0.15, 0.2) is 21.8 Å². The highest BCUT2D eigenvalue weighted by Gasteiger charge is 2.25. The molecule has 3 atom stereocenters. The van der Waals surface area contributed by atoms with E-state index in [1.807, 2.05) is 6.92 Å². The molecule has 2 N–H and O–H groups in total. The maximum Gasteiger partial charge on any atom is 0.191 e. The average molecular weight is 328 g/mol. The van der Waals surface area contributed by atoms with Gasteiger partial charge in [-0.15, -0.1) is 0 Å². The van der Waals surface area contributed by atoms with Gasteiger partial charge in [-0.05, 0) is 41.7 Å². The van der Waals surface area contributed by atoms with Gasteiger partial charge in [-0.3, -0.25) is 9.20 Å². The SMILES string of the molecule is CCS(=O)C1CCCC(NC(=NC)NCc2ccsc2)C1. The fourth-order valence-corrected chi connectivity index (χ4v) is 4.73. The van der Waals surface area contributed by atoms with Crippen LogP contribution in [0.2, 0.25) is 0 Å². The first-order valence-corrected chi connectivity index (χ1v) is 9.90. The van der Waals surface area contributed by atoms with Gasteiger partial charge >= 0.3 is 0 Å². The molecule has 1 fully saturated rings. The average Bonchev–Trinajstić information content (AvgIpc) is 3.04. The van der Waals surface area contributed by atoms with Gasteiger partial charge in [0.25, 0.3) is 0 Å². The second kappa shape index (κ2) is 8.54. The molecule has 3 unspecified atom stereocenters. The number of rotatable bonds is 5. The molecule has 0 radical (unpaired) electrons. The van der Waals surface area contributed by atoms with E-state index >= 15 is 0 Å². The topological polar surface area (TPSA) is 53.5 Å². The van der Waals surface area contributed by atoms with Crippen molar-refractivity contribution in [2.24, 2.45) is 4.99 Å². The molecule has 1 saturated carbocycles. The van der Waals surface area contributed by atoms with Crippen LogP contribution in [0.3, 0.4) is 0 Å². The molecule has 0 amide bonds. The second-order valence-corrected chi connectivity index (χ2v) is 8.14. The lowest BCUT2D eigenvalue weighted by Crippen LogP contribution is -2.46. The minimum absolute atomic E-state index is 0.344. The van der Waals surface area contributed by atoms with Crippen molar-refractivity contribution < 1.29 is 4.21 Å². The molecule has 0 saturated heterocycles. The lowest BCUT2D eigenvalue weighted by molar-refractivity contribution is 0.413. The van der Waals surface area contributed by atoms with Crippen LogP contribution >= 0.6 is 11.3 Å². The van der Waals surface area contributed by atoms with Crippen LogP contribution < -0.4 is 10.6 Å². The van der Waals surface area contributed by atoms with Gasteiger partial charge in [0, 0.05) is 41.4 Å². The molecule has 1 aromatic heterocycles. The standard InChI is InChI=1S/C15H25N3OS2/c1-3-21(19)14-6-4-5-13(9-14)18-15(16-2)17-10-12-7-8-20-11-12/h7-8,11,13-14H,3-6,9-10H2,1-2H3,(H2,16,17,18). The van der Waals surface area contributed by atoms with Crippen LogP contribution in [0.4, 0.5) is 0 Å². The Bertz CT molecular complexity index is 473. The zero-order valence-electron chi connectivity index (χ0n) is 12.8. The molecule has 1 heterocycles. The number of nitrogens with zero attached hydrogens (tertiary/aromatic N) is 1. The zero-order chi connectivity index (χ0) is 15.1. The first-order valence-electron chi connectivity index (χ1n) is 7.58. The van der Waals surface area contributed by atoms with Gasteiger partial charge in [-0.2, -0.15) is 11.3 Å². The molecule has 0 aliphatic heterocycles.